The molecule has 1 fully saturated rings. The van der Waals surface area contributed by atoms with E-state index >= 15 is 0 Å². The van der Waals surface area contributed by atoms with Crippen molar-refractivity contribution in [1.29, 1.82) is 0 Å². The number of nitrogens with zero attached hydrogens (tertiary/aromatic N) is 3. The first-order valence-corrected chi connectivity index (χ1v) is 7.33. The van der Waals surface area contributed by atoms with Gasteiger partial charge in [-0.2, -0.15) is 5.10 Å². The van der Waals surface area contributed by atoms with E-state index in [1.807, 2.05) is 19.3 Å². The number of hydrogen-bond acceptors (Lipinski definition) is 3. The van der Waals surface area contributed by atoms with E-state index in [0.717, 1.165) is 26.0 Å². The molecule has 2 heterocycles. The first kappa shape index (κ1) is 14.8. The zero-order valence-electron chi connectivity index (χ0n) is 12.1. The van der Waals surface area contributed by atoms with Crippen molar-refractivity contribution in [1.82, 2.24) is 20.0 Å². The second kappa shape index (κ2) is 7.89. The van der Waals surface area contributed by atoms with Crippen LogP contribution in [0.3, 0.4) is 0 Å². The summed E-state index contributed by atoms with van der Waals surface area (Å²) in [5.41, 5.74) is 0. The monoisotopic (exact) mass is 280 g/mol. The van der Waals surface area contributed by atoms with Crippen molar-refractivity contribution in [2.45, 2.75) is 38.3 Å². The first-order chi connectivity index (χ1) is 9.75. The van der Waals surface area contributed by atoms with Crippen LogP contribution in [0.4, 0.5) is 4.79 Å². The van der Waals surface area contributed by atoms with Gasteiger partial charge in [0.25, 0.3) is 0 Å². The van der Waals surface area contributed by atoms with Gasteiger partial charge in [-0.15, -0.1) is 0 Å². The van der Waals surface area contributed by atoms with Gasteiger partial charge >= 0.3 is 6.03 Å². The highest BCUT2D eigenvalue weighted by molar-refractivity contribution is 5.73. The molecule has 0 saturated carbocycles. The van der Waals surface area contributed by atoms with Gasteiger partial charge < -0.3 is 15.0 Å². The van der Waals surface area contributed by atoms with E-state index in [1.54, 1.807) is 15.8 Å². The summed E-state index contributed by atoms with van der Waals surface area (Å²) in [4.78, 5) is 13.6. The highest BCUT2D eigenvalue weighted by atomic mass is 16.5. The molecule has 1 aromatic rings. The van der Waals surface area contributed by atoms with Crippen LogP contribution in [0.1, 0.15) is 25.7 Å². The van der Waals surface area contributed by atoms with Crippen molar-refractivity contribution in [2.75, 3.05) is 26.7 Å². The molecule has 2 amide bonds. The summed E-state index contributed by atoms with van der Waals surface area (Å²) in [5.74, 6) is 0. The molecule has 0 aliphatic carbocycles. The molecule has 0 bridgehead atoms. The summed E-state index contributed by atoms with van der Waals surface area (Å²) in [6.07, 6.45) is 8.41. The fourth-order valence-electron chi connectivity index (χ4n) is 2.37. The lowest BCUT2D eigenvalue weighted by Gasteiger charge is -2.18. The quantitative estimate of drug-likeness (QED) is 0.823. The topological polar surface area (TPSA) is 59.4 Å². The SMILES string of the molecule is CN(CCC[C@H]1CCCO1)C(=O)NCCn1cccn1. The van der Waals surface area contributed by atoms with E-state index in [9.17, 15) is 4.79 Å². The minimum atomic E-state index is -0.0236. The van der Waals surface area contributed by atoms with Gasteiger partial charge in [0.2, 0.25) is 0 Å². The third-order valence-electron chi connectivity index (χ3n) is 3.57. The van der Waals surface area contributed by atoms with Crippen LogP contribution >= 0.6 is 0 Å². The van der Waals surface area contributed by atoms with Gasteiger partial charge in [-0.25, -0.2) is 4.79 Å². The van der Waals surface area contributed by atoms with E-state index in [-0.39, 0.29) is 6.03 Å². The Hall–Kier alpha value is -1.56. The van der Waals surface area contributed by atoms with Gasteiger partial charge in [-0.1, -0.05) is 0 Å². The van der Waals surface area contributed by atoms with Gasteiger partial charge in [-0.05, 0) is 31.7 Å². The van der Waals surface area contributed by atoms with Crippen molar-refractivity contribution in [2.24, 2.45) is 0 Å². The molecule has 1 saturated heterocycles. The molecule has 6 heteroatoms. The van der Waals surface area contributed by atoms with Crippen LogP contribution in [0.2, 0.25) is 0 Å². The van der Waals surface area contributed by atoms with Crippen molar-refractivity contribution in [3.8, 4) is 0 Å². The van der Waals surface area contributed by atoms with Crippen LogP contribution in [0.5, 0.6) is 0 Å². The average Bonchev–Trinajstić information content (AvgIpc) is 3.11. The highest BCUT2D eigenvalue weighted by Crippen LogP contribution is 2.16. The summed E-state index contributed by atoms with van der Waals surface area (Å²) in [6, 6.07) is 1.85. The number of carbonyl (C=O) groups excluding carboxylic acids is 1. The van der Waals surface area contributed by atoms with E-state index < -0.39 is 0 Å². The van der Waals surface area contributed by atoms with Crippen LogP contribution in [0.25, 0.3) is 0 Å². The Kier molecular flexibility index (Phi) is 5.86. The Morgan fingerprint density at radius 1 is 1.60 bits per heavy atom. The zero-order valence-corrected chi connectivity index (χ0v) is 12.1. The fraction of sp³-hybridized carbons (Fsp3) is 0.714. The first-order valence-electron chi connectivity index (χ1n) is 7.33. The van der Waals surface area contributed by atoms with Gasteiger partial charge in [0.15, 0.2) is 0 Å². The largest absolute Gasteiger partial charge is 0.378 e. The lowest BCUT2D eigenvalue weighted by Crippen LogP contribution is -2.39. The summed E-state index contributed by atoms with van der Waals surface area (Å²) in [5, 5.41) is 6.98. The Morgan fingerprint density at radius 3 is 3.20 bits per heavy atom. The van der Waals surface area contributed by atoms with Gasteiger partial charge in [-0.3, -0.25) is 4.68 Å². The molecule has 1 N–H and O–H groups in total. The minimum absolute atomic E-state index is 0.0236. The van der Waals surface area contributed by atoms with Crippen LogP contribution in [0.15, 0.2) is 18.5 Å². The number of hydrogen-bond donors (Lipinski definition) is 1. The smallest absolute Gasteiger partial charge is 0.317 e. The Labute approximate surface area is 120 Å². The lowest BCUT2D eigenvalue weighted by atomic mass is 10.1. The lowest BCUT2D eigenvalue weighted by molar-refractivity contribution is 0.100. The predicted octanol–water partition coefficient (Wildman–Crippen LogP) is 1.48. The Morgan fingerprint density at radius 2 is 2.50 bits per heavy atom. The molecule has 1 aliphatic heterocycles. The zero-order chi connectivity index (χ0) is 14.2. The molecule has 6 nitrogen and oxygen atoms in total. The molecule has 1 aromatic heterocycles. The number of amides is 2. The molecule has 0 aromatic carbocycles. The highest BCUT2D eigenvalue weighted by Gasteiger charge is 2.15. The number of rotatable bonds is 7. The van der Waals surface area contributed by atoms with Crippen LogP contribution in [0, 0.1) is 0 Å². The number of urea groups is 1. The second-order valence-corrected chi connectivity index (χ2v) is 5.20. The van der Waals surface area contributed by atoms with Crippen molar-refractivity contribution >= 4 is 6.03 Å². The normalized spacial score (nSPS) is 18.1. The summed E-state index contributed by atoms with van der Waals surface area (Å²) in [7, 11) is 1.83. The van der Waals surface area contributed by atoms with E-state index in [4.69, 9.17) is 4.74 Å². The van der Waals surface area contributed by atoms with Gasteiger partial charge in [0, 0.05) is 39.1 Å². The van der Waals surface area contributed by atoms with Crippen molar-refractivity contribution in [3.63, 3.8) is 0 Å². The molecular weight excluding hydrogens is 256 g/mol. The summed E-state index contributed by atoms with van der Waals surface area (Å²) in [6.45, 7) is 2.96. The van der Waals surface area contributed by atoms with E-state index in [1.165, 1.54) is 12.8 Å². The molecule has 2 rings (SSSR count). The van der Waals surface area contributed by atoms with Gasteiger partial charge in [0.05, 0.1) is 12.6 Å². The fourth-order valence-corrected chi connectivity index (χ4v) is 2.37. The third-order valence-corrected chi connectivity index (χ3v) is 3.57. The average molecular weight is 280 g/mol. The third kappa shape index (κ3) is 4.85. The maximum Gasteiger partial charge on any atom is 0.317 e. The van der Waals surface area contributed by atoms with Gasteiger partial charge in [0.1, 0.15) is 0 Å². The number of carbonyl (C=O) groups is 1. The molecule has 1 aliphatic rings. The van der Waals surface area contributed by atoms with Crippen molar-refractivity contribution in [3.05, 3.63) is 18.5 Å². The summed E-state index contributed by atoms with van der Waals surface area (Å²) < 4.78 is 7.38. The molecule has 0 spiro atoms. The Bertz CT molecular complexity index is 388. The van der Waals surface area contributed by atoms with Crippen LogP contribution in [-0.2, 0) is 11.3 Å². The van der Waals surface area contributed by atoms with Crippen LogP contribution < -0.4 is 5.32 Å². The van der Waals surface area contributed by atoms with Crippen LogP contribution in [-0.4, -0.2) is 53.6 Å². The molecule has 0 unspecified atom stereocenters. The van der Waals surface area contributed by atoms with Crippen molar-refractivity contribution < 1.29 is 9.53 Å². The number of ether oxygens (including phenoxy) is 1. The molecular formula is C14H24N4O2. The molecule has 20 heavy (non-hydrogen) atoms. The molecule has 112 valence electrons. The van der Waals surface area contributed by atoms with E-state index in [2.05, 4.69) is 10.4 Å². The second-order valence-electron chi connectivity index (χ2n) is 5.20. The molecule has 1 atom stereocenters. The maximum atomic E-state index is 11.9. The Balaban J connectivity index is 1.54. The number of aromatic nitrogens is 2. The number of nitrogens with one attached hydrogen (secondary N) is 1. The molecule has 0 radical (unpaired) electrons. The predicted molar refractivity (Wildman–Crippen MR) is 76.5 cm³/mol. The summed E-state index contributed by atoms with van der Waals surface area (Å²) >= 11 is 0. The minimum Gasteiger partial charge on any atom is -0.378 e. The van der Waals surface area contributed by atoms with E-state index in [0.29, 0.717) is 19.2 Å². The standard InChI is InChI=1S/C14H24N4O2/c1-17(9-2-5-13-6-3-12-20-13)14(19)15-8-11-18-10-4-7-16-18/h4,7,10,13H,2-3,5-6,8-9,11-12H2,1H3,(H,15,19)/t13-/m0/s1. The maximum absolute atomic E-state index is 11.9.